The molecule has 2 rings (SSSR count). The summed E-state index contributed by atoms with van der Waals surface area (Å²) in [6.45, 7) is 1.99. The Morgan fingerprint density at radius 2 is 2.46 bits per heavy atom. The first-order valence-corrected chi connectivity index (χ1v) is 5.04. The van der Waals surface area contributed by atoms with Crippen LogP contribution in [0.1, 0.15) is 12.7 Å². The monoisotopic (exact) mass is 289 g/mol. The van der Waals surface area contributed by atoms with Gasteiger partial charge in [0.2, 0.25) is 0 Å². The van der Waals surface area contributed by atoms with Crippen LogP contribution in [0.5, 0.6) is 0 Å². The van der Waals surface area contributed by atoms with E-state index in [4.69, 9.17) is 4.52 Å². The molecule has 1 N–H and O–H groups in total. The molecule has 2 heterocycles. The lowest BCUT2D eigenvalue weighted by molar-refractivity contribution is 0.422. The van der Waals surface area contributed by atoms with Crippen molar-refractivity contribution < 1.29 is 4.52 Å². The molecule has 13 heavy (non-hydrogen) atoms. The molecule has 0 aliphatic rings. The van der Waals surface area contributed by atoms with Gasteiger partial charge in [0.25, 0.3) is 5.89 Å². The fourth-order valence-electron chi connectivity index (χ4n) is 0.998. The first-order valence-electron chi connectivity index (χ1n) is 3.96. The molecule has 0 unspecified atom stereocenters. The van der Waals surface area contributed by atoms with E-state index >= 15 is 0 Å². The second kappa shape index (κ2) is 3.49. The van der Waals surface area contributed by atoms with Gasteiger partial charge >= 0.3 is 0 Å². The molecular weight excluding hydrogens is 281 g/mol. The third-order valence-corrected chi connectivity index (χ3v) is 2.29. The average molecular weight is 289 g/mol. The second-order valence-corrected chi connectivity index (χ2v) is 3.85. The molecule has 0 amide bonds. The number of aromatic nitrogens is 3. The Morgan fingerprint density at radius 3 is 3.00 bits per heavy atom. The van der Waals surface area contributed by atoms with E-state index < -0.39 is 0 Å². The minimum absolute atomic E-state index is 0.555. The Kier molecular flexibility index (Phi) is 2.34. The van der Waals surface area contributed by atoms with E-state index in [0.29, 0.717) is 5.89 Å². The molecule has 68 valence electrons. The Hall–Kier alpha value is -0.850. The Balaban J connectivity index is 2.35. The van der Waals surface area contributed by atoms with Crippen LogP contribution in [0.4, 0.5) is 0 Å². The maximum Gasteiger partial charge on any atom is 0.274 e. The van der Waals surface area contributed by atoms with Gasteiger partial charge in [-0.25, -0.2) is 0 Å². The second-order valence-electron chi connectivity index (χ2n) is 2.60. The van der Waals surface area contributed by atoms with Crippen molar-refractivity contribution in [1.29, 1.82) is 0 Å². The first-order chi connectivity index (χ1) is 6.29. The number of aromatic amines is 1. The summed E-state index contributed by atoms with van der Waals surface area (Å²) >= 11 is 2.22. The molecule has 0 radical (unpaired) electrons. The predicted molar refractivity (Wildman–Crippen MR) is 56.2 cm³/mol. The van der Waals surface area contributed by atoms with Crippen LogP contribution >= 0.6 is 22.6 Å². The van der Waals surface area contributed by atoms with Crippen molar-refractivity contribution in [3.8, 4) is 11.6 Å². The summed E-state index contributed by atoms with van der Waals surface area (Å²) in [5.74, 6) is 1.29. The topological polar surface area (TPSA) is 54.7 Å². The molecule has 2 aromatic heterocycles. The van der Waals surface area contributed by atoms with Gasteiger partial charge in [-0.3, -0.25) is 0 Å². The fraction of sp³-hybridized carbons (Fsp3) is 0.250. The van der Waals surface area contributed by atoms with Crippen LogP contribution in [0.15, 0.2) is 16.8 Å². The van der Waals surface area contributed by atoms with Gasteiger partial charge in [-0.05, 0) is 28.7 Å². The first kappa shape index (κ1) is 8.74. The number of hydrogen-bond acceptors (Lipinski definition) is 3. The van der Waals surface area contributed by atoms with Crippen LogP contribution in [0.3, 0.4) is 0 Å². The van der Waals surface area contributed by atoms with Crippen molar-refractivity contribution in [1.82, 2.24) is 15.1 Å². The number of aryl methyl sites for hydroxylation is 1. The van der Waals surface area contributed by atoms with Gasteiger partial charge in [-0.2, -0.15) is 4.98 Å². The van der Waals surface area contributed by atoms with Crippen LogP contribution in [-0.2, 0) is 6.42 Å². The molecular formula is C8H8IN3O. The SMILES string of the molecule is CCc1noc(-c2cc(I)c[nH]2)n1. The van der Waals surface area contributed by atoms with Gasteiger partial charge in [0.1, 0.15) is 5.69 Å². The highest BCUT2D eigenvalue weighted by Gasteiger charge is 2.08. The lowest BCUT2D eigenvalue weighted by atomic mass is 10.4. The van der Waals surface area contributed by atoms with E-state index in [1.807, 2.05) is 19.2 Å². The molecule has 0 aromatic carbocycles. The highest BCUT2D eigenvalue weighted by atomic mass is 127. The van der Waals surface area contributed by atoms with Crippen molar-refractivity contribution in [2.24, 2.45) is 0 Å². The normalized spacial score (nSPS) is 10.6. The van der Waals surface area contributed by atoms with Gasteiger partial charge < -0.3 is 9.51 Å². The summed E-state index contributed by atoms with van der Waals surface area (Å²) in [5, 5.41) is 3.81. The van der Waals surface area contributed by atoms with Gasteiger partial charge in [-0.15, -0.1) is 0 Å². The third-order valence-electron chi connectivity index (χ3n) is 1.66. The molecule has 4 nitrogen and oxygen atoms in total. The Bertz CT molecular complexity index is 407. The van der Waals surface area contributed by atoms with Crippen molar-refractivity contribution in [3.05, 3.63) is 21.7 Å². The van der Waals surface area contributed by atoms with Crippen LogP contribution in [0.2, 0.25) is 0 Å². The number of halogens is 1. The smallest absolute Gasteiger partial charge is 0.274 e. The summed E-state index contributed by atoms with van der Waals surface area (Å²) < 4.78 is 6.19. The van der Waals surface area contributed by atoms with E-state index in [2.05, 4.69) is 37.7 Å². The van der Waals surface area contributed by atoms with Crippen molar-refractivity contribution in [2.75, 3.05) is 0 Å². The number of hydrogen-bond donors (Lipinski definition) is 1. The van der Waals surface area contributed by atoms with Crippen molar-refractivity contribution >= 4 is 22.6 Å². The van der Waals surface area contributed by atoms with E-state index in [1.165, 1.54) is 0 Å². The summed E-state index contributed by atoms with van der Waals surface area (Å²) in [5.41, 5.74) is 0.872. The predicted octanol–water partition coefficient (Wildman–Crippen LogP) is 2.23. The zero-order chi connectivity index (χ0) is 9.26. The van der Waals surface area contributed by atoms with Crippen LogP contribution in [-0.4, -0.2) is 15.1 Å². The summed E-state index contributed by atoms with van der Waals surface area (Å²) in [4.78, 5) is 7.26. The van der Waals surface area contributed by atoms with E-state index in [1.54, 1.807) is 0 Å². The molecule has 0 aliphatic carbocycles. The summed E-state index contributed by atoms with van der Waals surface area (Å²) in [7, 11) is 0. The molecule has 5 heteroatoms. The quantitative estimate of drug-likeness (QED) is 0.863. The highest BCUT2D eigenvalue weighted by molar-refractivity contribution is 14.1. The van der Waals surface area contributed by atoms with Crippen LogP contribution in [0.25, 0.3) is 11.6 Å². The van der Waals surface area contributed by atoms with Crippen LogP contribution in [0, 0.1) is 3.57 Å². The number of nitrogens with zero attached hydrogens (tertiary/aromatic N) is 2. The average Bonchev–Trinajstić information content (AvgIpc) is 2.71. The number of rotatable bonds is 2. The van der Waals surface area contributed by atoms with Gasteiger partial charge in [0.15, 0.2) is 5.82 Å². The zero-order valence-electron chi connectivity index (χ0n) is 7.04. The maximum atomic E-state index is 5.06. The largest absolute Gasteiger partial charge is 0.356 e. The third kappa shape index (κ3) is 1.74. The van der Waals surface area contributed by atoms with Gasteiger partial charge in [-0.1, -0.05) is 12.1 Å². The Labute approximate surface area is 88.9 Å². The lowest BCUT2D eigenvalue weighted by Gasteiger charge is -1.83. The Morgan fingerprint density at radius 1 is 1.62 bits per heavy atom. The summed E-state index contributed by atoms with van der Waals surface area (Å²) in [6.07, 6.45) is 2.69. The zero-order valence-corrected chi connectivity index (χ0v) is 9.20. The molecule has 0 fully saturated rings. The number of nitrogens with one attached hydrogen (secondary N) is 1. The minimum Gasteiger partial charge on any atom is -0.356 e. The van der Waals surface area contributed by atoms with Crippen LogP contribution < -0.4 is 0 Å². The van der Waals surface area contributed by atoms with E-state index in [0.717, 1.165) is 21.5 Å². The van der Waals surface area contributed by atoms with E-state index in [9.17, 15) is 0 Å². The molecule has 0 spiro atoms. The highest BCUT2D eigenvalue weighted by Crippen LogP contribution is 2.17. The van der Waals surface area contributed by atoms with Crippen molar-refractivity contribution in [3.63, 3.8) is 0 Å². The summed E-state index contributed by atoms with van der Waals surface area (Å²) in [6, 6.07) is 1.97. The molecule has 2 aromatic rings. The fourth-order valence-corrected chi connectivity index (χ4v) is 1.47. The van der Waals surface area contributed by atoms with Gasteiger partial charge in [0.05, 0.1) is 0 Å². The minimum atomic E-state index is 0.555. The molecule has 0 saturated heterocycles. The number of H-pyrrole nitrogens is 1. The molecule has 0 atom stereocenters. The molecule has 0 bridgehead atoms. The lowest BCUT2D eigenvalue weighted by Crippen LogP contribution is -1.81. The molecule has 0 saturated carbocycles. The van der Waals surface area contributed by atoms with Crippen molar-refractivity contribution in [2.45, 2.75) is 13.3 Å². The molecule has 0 aliphatic heterocycles. The van der Waals surface area contributed by atoms with E-state index in [-0.39, 0.29) is 0 Å². The van der Waals surface area contributed by atoms with Gasteiger partial charge in [0, 0.05) is 16.2 Å². The maximum absolute atomic E-state index is 5.06. The standard InChI is InChI=1S/C8H8IN3O/c1-2-7-11-8(13-12-7)6-3-5(9)4-10-6/h3-4,10H,2H2,1H3.